The number of carbonyl (C=O) groups is 1. The van der Waals surface area contributed by atoms with Gasteiger partial charge < -0.3 is 4.74 Å². The van der Waals surface area contributed by atoms with Crippen LogP contribution in [0.5, 0.6) is 5.75 Å². The molecule has 0 radical (unpaired) electrons. The van der Waals surface area contributed by atoms with E-state index in [1.54, 1.807) is 24.4 Å². The smallest absolute Gasteiger partial charge is 0.244 e. The summed E-state index contributed by atoms with van der Waals surface area (Å²) in [5.74, 6) is 0.179. The molecule has 0 aliphatic heterocycles. The molecule has 1 amide bonds. The van der Waals surface area contributed by atoms with E-state index in [2.05, 4.69) is 39.7 Å². The molecule has 0 aromatic heterocycles. The first-order chi connectivity index (χ1) is 11.6. The minimum Gasteiger partial charge on any atom is -0.488 e. The summed E-state index contributed by atoms with van der Waals surface area (Å²) in [5, 5.41) is 3.93. The monoisotopic (exact) mass is 438 g/mol. The lowest BCUT2D eigenvalue weighted by molar-refractivity contribution is -0.120. The Balaban J connectivity index is 1.88. The number of halogens is 2. The van der Waals surface area contributed by atoms with Gasteiger partial charge in [0.05, 0.1) is 16.2 Å². The van der Waals surface area contributed by atoms with E-state index in [1.807, 2.05) is 18.2 Å². The third-order valence-corrected chi connectivity index (χ3v) is 3.84. The molecular formula is C18H16FIN2O2. The number of ether oxygens (including phenoxy) is 1. The first-order valence-electron chi connectivity index (χ1n) is 7.18. The topological polar surface area (TPSA) is 50.7 Å². The quantitative estimate of drug-likeness (QED) is 0.310. The standard InChI is InChI=1S/C18H16FIN2O2/c1-2-9-24-17-8-5-14(10-16(17)20)12-21-22-18(23)11-13-3-6-15(19)7-4-13/h2-8,10,12H,1,9,11H2,(H,22,23)/b21-12+. The number of hydrogen-bond donors (Lipinski definition) is 1. The first kappa shape index (κ1) is 18.1. The highest BCUT2D eigenvalue weighted by atomic mass is 127. The summed E-state index contributed by atoms with van der Waals surface area (Å²) in [7, 11) is 0. The second-order valence-electron chi connectivity index (χ2n) is 4.89. The average molecular weight is 438 g/mol. The molecule has 0 aliphatic rings. The molecule has 124 valence electrons. The summed E-state index contributed by atoms with van der Waals surface area (Å²) in [6.07, 6.45) is 3.38. The van der Waals surface area contributed by atoms with E-state index in [1.165, 1.54) is 12.1 Å². The molecule has 0 saturated carbocycles. The summed E-state index contributed by atoms with van der Waals surface area (Å²) >= 11 is 2.17. The number of nitrogens with zero attached hydrogens (tertiary/aromatic N) is 1. The fourth-order valence-electron chi connectivity index (χ4n) is 1.87. The van der Waals surface area contributed by atoms with Crippen molar-refractivity contribution in [2.24, 2.45) is 5.10 Å². The number of amides is 1. The van der Waals surface area contributed by atoms with Crippen LogP contribution in [0.25, 0.3) is 0 Å². The van der Waals surface area contributed by atoms with Crippen molar-refractivity contribution in [1.29, 1.82) is 0 Å². The Hall–Kier alpha value is -2.22. The number of hydrogen-bond acceptors (Lipinski definition) is 3. The third-order valence-electron chi connectivity index (χ3n) is 2.99. The highest BCUT2D eigenvalue weighted by Gasteiger charge is 2.03. The Morgan fingerprint density at radius 2 is 2.04 bits per heavy atom. The number of carbonyl (C=O) groups excluding carboxylic acids is 1. The molecule has 2 aromatic carbocycles. The molecule has 2 aromatic rings. The molecule has 0 fully saturated rings. The molecule has 2 rings (SSSR count). The number of hydrazone groups is 1. The first-order valence-corrected chi connectivity index (χ1v) is 8.26. The Bertz CT molecular complexity index is 745. The lowest BCUT2D eigenvalue weighted by Gasteiger charge is -2.06. The number of nitrogens with one attached hydrogen (secondary N) is 1. The molecule has 0 heterocycles. The number of rotatable bonds is 7. The van der Waals surface area contributed by atoms with Crippen molar-refractivity contribution >= 4 is 34.7 Å². The van der Waals surface area contributed by atoms with Gasteiger partial charge in [-0.1, -0.05) is 24.8 Å². The highest BCUT2D eigenvalue weighted by Crippen LogP contribution is 2.21. The van der Waals surface area contributed by atoms with Crippen molar-refractivity contribution in [2.45, 2.75) is 6.42 Å². The molecule has 0 aliphatic carbocycles. The van der Waals surface area contributed by atoms with Crippen molar-refractivity contribution in [3.8, 4) is 5.75 Å². The summed E-state index contributed by atoms with van der Waals surface area (Å²) in [6, 6.07) is 11.4. The molecule has 0 atom stereocenters. The number of benzene rings is 2. The van der Waals surface area contributed by atoms with E-state index in [0.717, 1.165) is 20.4 Å². The SMILES string of the molecule is C=CCOc1ccc(/C=N/NC(=O)Cc2ccc(F)cc2)cc1I. The van der Waals surface area contributed by atoms with Crippen molar-refractivity contribution in [1.82, 2.24) is 5.43 Å². The van der Waals surface area contributed by atoms with Crippen molar-refractivity contribution in [3.05, 3.63) is 75.6 Å². The van der Waals surface area contributed by atoms with Gasteiger partial charge in [-0.15, -0.1) is 0 Å². The zero-order valence-electron chi connectivity index (χ0n) is 12.8. The van der Waals surface area contributed by atoms with Crippen LogP contribution in [-0.4, -0.2) is 18.7 Å². The van der Waals surface area contributed by atoms with Crippen LogP contribution in [0.15, 0.2) is 60.2 Å². The molecule has 6 heteroatoms. The van der Waals surface area contributed by atoms with Crippen LogP contribution < -0.4 is 10.2 Å². The van der Waals surface area contributed by atoms with Crippen molar-refractivity contribution < 1.29 is 13.9 Å². The van der Waals surface area contributed by atoms with Crippen LogP contribution in [0.2, 0.25) is 0 Å². The van der Waals surface area contributed by atoms with Crippen LogP contribution in [0, 0.1) is 9.39 Å². The Kier molecular flexibility index (Phi) is 6.92. The van der Waals surface area contributed by atoms with Gasteiger partial charge in [-0.05, 0) is 64.0 Å². The summed E-state index contributed by atoms with van der Waals surface area (Å²) in [5.41, 5.74) is 4.02. The van der Waals surface area contributed by atoms with E-state index in [9.17, 15) is 9.18 Å². The zero-order valence-corrected chi connectivity index (χ0v) is 15.0. The van der Waals surface area contributed by atoms with Crippen LogP contribution >= 0.6 is 22.6 Å². The lowest BCUT2D eigenvalue weighted by Crippen LogP contribution is -2.19. The fraction of sp³-hybridized carbons (Fsp3) is 0.111. The molecule has 0 bridgehead atoms. The maximum Gasteiger partial charge on any atom is 0.244 e. The van der Waals surface area contributed by atoms with E-state index in [4.69, 9.17) is 4.74 Å². The predicted molar refractivity (Wildman–Crippen MR) is 101 cm³/mol. The Labute approximate surface area is 153 Å². The molecule has 24 heavy (non-hydrogen) atoms. The zero-order chi connectivity index (χ0) is 17.4. The van der Waals surface area contributed by atoms with Gasteiger partial charge >= 0.3 is 0 Å². The average Bonchev–Trinajstić information content (AvgIpc) is 2.56. The van der Waals surface area contributed by atoms with Crippen LogP contribution in [0.1, 0.15) is 11.1 Å². The Morgan fingerprint density at radius 3 is 2.71 bits per heavy atom. The van der Waals surface area contributed by atoms with Gasteiger partial charge in [0.1, 0.15) is 18.2 Å². The van der Waals surface area contributed by atoms with Gasteiger partial charge in [0.15, 0.2) is 0 Å². The van der Waals surface area contributed by atoms with Crippen molar-refractivity contribution in [3.63, 3.8) is 0 Å². The molecule has 0 unspecified atom stereocenters. The third kappa shape index (κ3) is 5.77. The van der Waals surface area contributed by atoms with Gasteiger partial charge in [0.25, 0.3) is 0 Å². The summed E-state index contributed by atoms with van der Waals surface area (Å²) in [4.78, 5) is 11.8. The van der Waals surface area contributed by atoms with Gasteiger partial charge in [0.2, 0.25) is 5.91 Å². The van der Waals surface area contributed by atoms with Gasteiger partial charge in [-0.2, -0.15) is 5.10 Å². The second kappa shape index (κ2) is 9.17. The Morgan fingerprint density at radius 1 is 1.29 bits per heavy atom. The molecule has 4 nitrogen and oxygen atoms in total. The molecule has 0 spiro atoms. The van der Waals surface area contributed by atoms with Gasteiger partial charge in [0, 0.05) is 0 Å². The lowest BCUT2D eigenvalue weighted by atomic mass is 10.1. The van der Waals surface area contributed by atoms with Crippen LogP contribution in [0.4, 0.5) is 4.39 Å². The molecule has 0 saturated heterocycles. The van der Waals surface area contributed by atoms with E-state index in [0.29, 0.717) is 6.61 Å². The van der Waals surface area contributed by atoms with Crippen LogP contribution in [0.3, 0.4) is 0 Å². The second-order valence-corrected chi connectivity index (χ2v) is 6.05. The van der Waals surface area contributed by atoms with Crippen molar-refractivity contribution in [2.75, 3.05) is 6.61 Å². The molecule has 1 N–H and O–H groups in total. The van der Waals surface area contributed by atoms with E-state index in [-0.39, 0.29) is 18.1 Å². The normalized spacial score (nSPS) is 10.6. The van der Waals surface area contributed by atoms with Gasteiger partial charge in [-0.3, -0.25) is 4.79 Å². The fourth-order valence-corrected chi connectivity index (χ4v) is 2.56. The summed E-state index contributed by atoms with van der Waals surface area (Å²) in [6.45, 7) is 4.05. The highest BCUT2D eigenvalue weighted by molar-refractivity contribution is 14.1. The largest absolute Gasteiger partial charge is 0.488 e. The molecular weight excluding hydrogens is 422 g/mol. The minimum absolute atomic E-state index is 0.142. The maximum absolute atomic E-state index is 12.8. The van der Waals surface area contributed by atoms with E-state index < -0.39 is 0 Å². The summed E-state index contributed by atoms with van der Waals surface area (Å²) < 4.78 is 19.2. The van der Waals surface area contributed by atoms with Gasteiger partial charge in [-0.25, -0.2) is 9.82 Å². The minimum atomic E-state index is -0.327. The van der Waals surface area contributed by atoms with Crippen LogP contribution in [-0.2, 0) is 11.2 Å². The maximum atomic E-state index is 12.8. The van der Waals surface area contributed by atoms with E-state index >= 15 is 0 Å². The predicted octanol–water partition coefficient (Wildman–Crippen LogP) is 3.69.